The number of hydrogen-bond donors (Lipinski definition) is 1. The molecule has 2 aromatic carbocycles. The third-order valence-corrected chi connectivity index (χ3v) is 19.2. The molecule has 6 aromatic heterocycles. The summed E-state index contributed by atoms with van der Waals surface area (Å²) in [5.41, 5.74) is 6.01. The van der Waals surface area contributed by atoms with Crippen LogP contribution in [0, 0.1) is 23.5 Å². The number of ether oxygens (including phenoxy) is 10. The maximum absolute atomic E-state index is 15.0. The topological polar surface area (TPSA) is 234 Å². The summed E-state index contributed by atoms with van der Waals surface area (Å²) < 4.78 is 84.0. The average Bonchev–Trinajstić information content (AvgIpc) is 1.68. The zero-order valence-electron chi connectivity index (χ0n) is 57.1. The van der Waals surface area contributed by atoms with Crippen molar-refractivity contribution < 1.29 is 75.3 Å². The highest BCUT2D eigenvalue weighted by molar-refractivity contribution is 7.23. The molecule has 0 unspecified atom stereocenters. The van der Waals surface area contributed by atoms with E-state index in [0.717, 1.165) is 125 Å². The molecule has 2 aliphatic carbocycles. The fraction of sp³-hybridized carbons (Fsp3) is 0.459. The first-order valence-electron chi connectivity index (χ1n) is 34.1. The van der Waals surface area contributed by atoms with Crippen molar-refractivity contribution in [3.05, 3.63) is 144 Å². The molecule has 1 N–H and O–H groups in total. The standard InChI is InChI=1S/C37H43FN4O7S.C29H29FN4O2S.C8H15ClO5/c1-45-14-15-46-16-17-47-18-19-48-37(44)42-12-10-41(11-13-42)25-28-4-6-31(40-24-28)35-23-32-36(50-35)34(8-9-39-32)49-33-7-5-27(22-30(33)38)21-29(43)20-26-2-3-26;30-23-15-20(14-22(35)13-19-1-2-19)4-6-26(23)36-27-7-8-32-25-16-28(37-29(25)27)24-5-3-21(17-33-24)18-34-11-9-31-10-12-34;1-11-2-3-12-4-5-13-6-7-14-8(9)10/h4-9,22-24,26H,2-3,10-21,25H2,1H3;3-8,15-17,19,31H,1-2,9-14,18H2;2-7H2,1H3. The largest absolute Gasteiger partial charge is 0.453 e. The first-order chi connectivity index (χ1) is 49.3. The van der Waals surface area contributed by atoms with Gasteiger partial charge in [-0.3, -0.25) is 39.3 Å². The van der Waals surface area contributed by atoms with Crippen molar-refractivity contribution in [2.24, 2.45) is 11.8 Å². The number of nitrogens with zero attached hydrogens (tertiary/aromatic N) is 7. The summed E-state index contributed by atoms with van der Waals surface area (Å²) in [6.45, 7) is 13.5. The second kappa shape index (κ2) is 40.3. The molecule has 8 aromatic rings. The number of amides is 1. The molecule has 1 amide bonds. The first kappa shape index (κ1) is 76.1. The van der Waals surface area contributed by atoms with Gasteiger partial charge in [-0.2, -0.15) is 0 Å². The minimum Gasteiger partial charge on any atom is -0.453 e. The van der Waals surface area contributed by atoms with Gasteiger partial charge in [0.2, 0.25) is 0 Å². The van der Waals surface area contributed by atoms with E-state index >= 15 is 4.39 Å². The number of benzene rings is 2. The van der Waals surface area contributed by atoms with Crippen molar-refractivity contribution in [1.29, 1.82) is 0 Å². The molecule has 4 aliphatic rings. The minimum atomic E-state index is -0.815. The van der Waals surface area contributed by atoms with Crippen LogP contribution in [0.3, 0.4) is 0 Å². The van der Waals surface area contributed by atoms with Crippen molar-refractivity contribution in [2.45, 2.75) is 64.5 Å². The van der Waals surface area contributed by atoms with Crippen molar-refractivity contribution in [1.82, 2.24) is 40.0 Å². The lowest BCUT2D eigenvalue weighted by Gasteiger charge is -2.34. The summed E-state index contributed by atoms with van der Waals surface area (Å²) in [6, 6.07) is 25.2. The number of pyridine rings is 4. The Labute approximate surface area is 599 Å². The second-order valence-corrected chi connectivity index (χ2v) is 27.2. The zero-order valence-corrected chi connectivity index (χ0v) is 59.4. The zero-order chi connectivity index (χ0) is 70.6. The lowest BCUT2D eigenvalue weighted by atomic mass is 10.0. The van der Waals surface area contributed by atoms with Crippen LogP contribution in [0.5, 0.6) is 23.0 Å². The van der Waals surface area contributed by atoms with Gasteiger partial charge in [-0.15, -0.1) is 22.7 Å². The number of ketones is 2. The van der Waals surface area contributed by atoms with E-state index in [1.165, 1.54) is 40.4 Å². The van der Waals surface area contributed by atoms with E-state index in [9.17, 15) is 23.6 Å². The normalized spacial score (nSPS) is 14.8. The SMILES string of the molecule is COCCOCCOCCOC(=O)Cl.COCCOCCOCCOC(=O)N1CCN(Cc2ccc(-c3cc4nccc(Oc5ccc(CC(=O)CC6CC6)cc5F)c4s3)nc2)CC1.O=C(Cc1ccc(Oc2ccnc3cc(-c4ccc(CN5CCNCC5)cn4)sc23)c(F)c1)CC1CC1. The van der Waals surface area contributed by atoms with E-state index in [-0.39, 0.29) is 55.2 Å². The fourth-order valence-electron chi connectivity index (χ4n) is 11.0. The highest BCUT2D eigenvalue weighted by Gasteiger charge is 2.27. The maximum Gasteiger partial charge on any atom is 0.409 e. The summed E-state index contributed by atoms with van der Waals surface area (Å²) in [7, 11) is 3.24. The summed E-state index contributed by atoms with van der Waals surface area (Å²) >= 11 is 7.94. The summed E-state index contributed by atoms with van der Waals surface area (Å²) in [5, 5.41) is 3.38. The number of carbonyl (C=O) groups is 4. The van der Waals surface area contributed by atoms with Gasteiger partial charge in [0.1, 0.15) is 36.3 Å². The van der Waals surface area contributed by atoms with Crippen LogP contribution in [0.2, 0.25) is 0 Å². The van der Waals surface area contributed by atoms with Gasteiger partial charge in [-0.05, 0) is 108 Å². The quantitative estimate of drug-likeness (QED) is 0.0284. The number of aromatic nitrogens is 4. The molecule has 2 aliphatic heterocycles. The molecule has 540 valence electrons. The number of Topliss-reactive ketones (excluding diaryl/α,β-unsaturated/α-hetero) is 2. The molecule has 0 atom stereocenters. The number of halogens is 3. The van der Waals surface area contributed by atoms with Crippen LogP contribution < -0.4 is 14.8 Å². The molecular formula is C74H87ClF2N8O14S2. The van der Waals surface area contributed by atoms with Gasteiger partial charge >= 0.3 is 11.5 Å². The predicted molar refractivity (Wildman–Crippen MR) is 381 cm³/mol. The molecule has 0 spiro atoms. The molecule has 8 heterocycles. The van der Waals surface area contributed by atoms with Crippen molar-refractivity contribution >= 4 is 77.8 Å². The van der Waals surface area contributed by atoms with Crippen LogP contribution >= 0.6 is 34.3 Å². The molecule has 0 radical (unpaired) electrons. The van der Waals surface area contributed by atoms with Gasteiger partial charge in [-0.1, -0.05) is 24.3 Å². The Bertz CT molecular complexity index is 3930. The van der Waals surface area contributed by atoms with Crippen LogP contribution in [0.25, 0.3) is 41.6 Å². The van der Waals surface area contributed by atoms with E-state index in [0.29, 0.717) is 126 Å². The highest BCUT2D eigenvalue weighted by atomic mass is 35.5. The molecule has 2 saturated carbocycles. The van der Waals surface area contributed by atoms with Crippen LogP contribution in [-0.2, 0) is 73.4 Å². The van der Waals surface area contributed by atoms with Crippen LogP contribution in [0.15, 0.2) is 110 Å². The molecule has 2 saturated heterocycles. The van der Waals surface area contributed by atoms with Gasteiger partial charge in [0.05, 0.1) is 108 Å². The van der Waals surface area contributed by atoms with Crippen molar-refractivity contribution in [3.63, 3.8) is 0 Å². The molecule has 101 heavy (non-hydrogen) atoms. The Hall–Kier alpha value is -7.57. The summed E-state index contributed by atoms with van der Waals surface area (Å²) in [5.74, 6) is 1.70. The van der Waals surface area contributed by atoms with E-state index in [4.69, 9.17) is 64.2 Å². The first-order valence-corrected chi connectivity index (χ1v) is 36.2. The Balaban J connectivity index is 0.000000188. The third kappa shape index (κ3) is 25.4. The maximum atomic E-state index is 15.0. The molecule has 12 rings (SSSR count). The Morgan fingerprint density at radius 2 is 0.921 bits per heavy atom. The number of rotatable bonds is 36. The van der Waals surface area contributed by atoms with Gasteiger partial charge in [0.15, 0.2) is 23.1 Å². The number of piperazine rings is 2. The van der Waals surface area contributed by atoms with Gasteiger partial charge < -0.3 is 57.6 Å². The number of nitrogens with one attached hydrogen (secondary N) is 1. The van der Waals surface area contributed by atoms with Crippen molar-refractivity contribution in [2.75, 3.05) is 146 Å². The minimum absolute atomic E-state index is 0.104. The van der Waals surface area contributed by atoms with E-state index < -0.39 is 17.1 Å². The number of hydrogen-bond acceptors (Lipinski definition) is 23. The third-order valence-electron chi connectivity index (χ3n) is 16.7. The molecule has 27 heteroatoms. The second-order valence-electron chi connectivity index (χ2n) is 24.8. The fourth-order valence-corrected chi connectivity index (χ4v) is 13.2. The average molecular weight is 1450 g/mol. The monoisotopic (exact) mass is 1450 g/mol. The number of methoxy groups -OCH3 is 2. The summed E-state index contributed by atoms with van der Waals surface area (Å²) in [6.07, 6.45) is 13.0. The number of fused-ring (bicyclic) bond motifs is 2. The van der Waals surface area contributed by atoms with Gasteiger partial charge in [0, 0.05) is 154 Å². The number of thiophene rings is 2. The lowest BCUT2D eigenvalue weighted by molar-refractivity contribution is -0.119. The Morgan fingerprint density at radius 1 is 0.495 bits per heavy atom. The molecular weight excluding hydrogens is 1360 g/mol. The molecule has 22 nitrogen and oxygen atoms in total. The Morgan fingerprint density at radius 3 is 1.34 bits per heavy atom. The van der Waals surface area contributed by atoms with Crippen LogP contribution in [0.4, 0.5) is 18.4 Å². The van der Waals surface area contributed by atoms with Crippen molar-refractivity contribution in [3.8, 4) is 44.1 Å². The molecule has 0 bridgehead atoms. The summed E-state index contributed by atoms with van der Waals surface area (Å²) in [4.78, 5) is 73.7. The van der Waals surface area contributed by atoms with Crippen LogP contribution in [0.1, 0.15) is 60.8 Å². The smallest absolute Gasteiger partial charge is 0.409 e. The molecule has 4 fully saturated rings. The van der Waals surface area contributed by atoms with E-state index in [1.54, 1.807) is 67.9 Å². The van der Waals surface area contributed by atoms with Crippen LogP contribution in [-0.4, -0.2) is 204 Å². The van der Waals surface area contributed by atoms with Gasteiger partial charge in [-0.25, -0.2) is 18.4 Å². The van der Waals surface area contributed by atoms with Gasteiger partial charge in [0.25, 0.3) is 0 Å². The lowest BCUT2D eigenvalue weighted by Crippen LogP contribution is -2.48. The van der Waals surface area contributed by atoms with E-state index in [2.05, 4.69) is 42.0 Å². The predicted octanol–water partition coefficient (Wildman–Crippen LogP) is 12.8. The Kier molecular flexibility index (Phi) is 30.4. The van der Waals surface area contributed by atoms with E-state index in [1.807, 2.05) is 36.7 Å². The highest BCUT2D eigenvalue weighted by Crippen LogP contribution is 2.42. The number of carbonyl (C=O) groups excluding carboxylic acids is 4.